The lowest BCUT2D eigenvalue weighted by Crippen LogP contribution is -2.43. The highest BCUT2D eigenvalue weighted by Gasteiger charge is 2.14. The molecule has 0 aliphatic carbocycles. The van der Waals surface area contributed by atoms with Crippen molar-refractivity contribution in [2.45, 2.75) is 20.4 Å². The number of hydrogen-bond donors (Lipinski definition) is 1. The van der Waals surface area contributed by atoms with Crippen molar-refractivity contribution in [3.63, 3.8) is 0 Å². The third-order valence-electron chi connectivity index (χ3n) is 4.12. The van der Waals surface area contributed by atoms with Crippen LogP contribution in [0.3, 0.4) is 0 Å². The lowest BCUT2D eigenvalue weighted by Gasteiger charge is -2.27. The van der Waals surface area contributed by atoms with E-state index in [1.54, 1.807) is 6.07 Å². The lowest BCUT2D eigenvalue weighted by atomic mass is 10.0. The van der Waals surface area contributed by atoms with Crippen LogP contribution in [0.1, 0.15) is 16.7 Å². The van der Waals surface area contributed by atoms with Gasteiger partial charge in [0.1, 0.15) is 5.58 Å². The summed E-state index contributed by atoms with van der Waals surface area (Å²) in [5.41, 5.74) is 3.77. The van der Waals surface area contributed by atoms with Crippen LogP contribution in [-0.2, 0) is 6.54 Å². The van der Waals surface area contributed by atoms with Crippen LogP contribution in [0, 0.1) is 13.8 Å². The molecule has 0 spiro atoms. The molecule has 1 N–H and O–H groups in total. The van der Waals surface area contributed by atoms with E-state index < -0.39 is 0 Å². The number of nitrogens with zero attached hydrogens (tertiary/aromatic N) is 1. The fraction of sp³-hybridized carbons (Fsp3) is 0.438. The highest BCUT2D eigenvalue weighted by atomic mass is 16.4. The number of nitrogens with one attached hydrogen (secondary N) is 1. The second-order valence-corrected chi connectivity index (χ2v) is 5.50. The molecule has 0 unspecified atom stereocenters. The molecule has 3 rings (SSSR count). The lowest BCUT2D eigenvalue weighted by molar-refractivity contribution is 0.233. The van der Waals surface area contributed by atoms with Crippen LogP contribution in [0.5, 0.6) is 0 Å². The average Bonchev–Trinajstić information content (AvgIpc) is 2.44. The zero-order valence-corrected chi connectivity index (χ0v) is 12.0. The van der Waals surface area contributed by atoms with Crippen molar-refractivity contribution >= 4 is 11.0 Å². The van der Waals surface area contributed by atoms with Gasteiger partial charge in [-0.05, 0) is 30.5 Å². The van der Waals surface area contributed by atoms with Crippen LogP contribution in [0.2, 0.25) is 0 Å². The summed E-state index contributed by atoms with van der Waals surface area (Å²) < 4.78 is 5.42. The molecule has 2 aromatic rings. The van der Waals surface area contributed by atoms with Crippen molar-refractivity contribution in [3.8, 4) is 0 Å². The van der Waals surface area contributed by atoms with Gasteiger partial charge in [0.05, 0.1) is 0 Å². The molecule has 20 heavy (non-hydrogen) atoms. The molecule has 2 heterocycles. The Balaban J connectivity index is 2.05. The van der Waals surface area contributed by atoms with E-state index in [0.717, 1.165) is 60.4 Å². The van der Waals surface area contributed by atoms with E-state index in [4.69, 9.17) is 4.42 Å². The Morgan fingerprint density at radius 3 is 2.75 bits per heavy atom. The topological polar surface area (TPSA) is 45.5 Å². The molecule has 1 aromatic heterocycles. The molecule has 0 atom stereocenters. The van der Waals surface area contributed by atoms with Crippen molar-refractivity contribution < 1.29 is 4.42 Å². The third kappa shape index (κ3) is 2.49. The van der Waals surface area contributed by atoms with Gasteiger partial charge in [0.2, 0.25) is 0 Å². The molecule has 0 saturated carbocycles. The molecule has 1 saturated heterocycles. The zero-order valence-electron chi connectivity index (χ0n) is 12.0. The van der Waals surface area contributed by atoms with Gasteiger partial charge in [-0.1, -0.05) is 12.1 Å². The van der Waals surface area contributed by atoms with Gasteiger partial charge in [-0.2, -0.15) is 0 Å². The van der Waals surface area contributed by atoms with Crippen LogP contribution < -0.4 is 10.9 Å². The summed E-state index contributed by atoms with van der Waals surface area (Å²) in [6.07, 6.45) is 0. The van der Waals surface area contributed by atoms with Crippen molar-refractivity contribution in [2.75, 3.05) is 26.2 Å². The van der Waals surface area contributed by atoms with Crippen molar-refractivity contribution in [1.82, 2.24) is 10.2 Å². The van der Waals surface area contributed by atoms with E-state index in [1.807, 2.05) is 13.8 Å². The van der Waals surface area contributed by atoms with E-state index >= 15 is 0 Å². The number of rotatable bonds is 2. The van der Waals surface area contributed by atoms with Crippen molar-refractivity contribution in [2.24, 2.45) is 0 Å². The molecular formula is C16H20N2O2. The maximum absolute atomic E-state index is 11.8. The Hall–Kier alpha value is -1.65. The molecule has 1 aromatic carbocycles. The number of fused-ring (bicyclic) bond motifs is 1. The maximum atomic E-state index is 11.8. The summed E-state index contributed by atoms with van der Waals surface area (Å²) in [5.74, 6) is 0. The van der Waals surface area contributed by atoms with E-state index in [2.05, 4.69) is 22.3 Å². The molecule has 4 heteroatoms. The Morgan fingerprint density at radius 2 is 2.00 bits per heavy atom. The second kappa shape index (κ2) is 5.38. The van der Waals surface area contributed by atoms with Gasteiger partial charge in [0, 0.05) is 44.2 Å². The Labute approximate surface area is 118 Å². The SMILES string of the molecule is Cc1ccc2c(CN3CCNCC3)cc(=O)oc2c1C. The quantitative estimate of drug-likeness (QED) is 0.847. The molecule has 1 fully saturated rings. The number of aryl methyl sites for hydroxylation is 2. The molecule has 106 valence electrons. The molecule has 0 radical (unpaired) electrons. The first-order valence-corrected chi connectivity index (χ1v) is 7.11. The Morgan fingerprint density at radius 1 is 1.25 bits per heavy atom. The summed E-state index contributed by atoms with van der Waals surface area (Å²) in [6, 6.07) is 5.80. The minimum Gasteiger partial charge on any atom is -0.422 e. The van der Waals surface area contributed by atoms with Gasteiger partial charge in [-0.25, -0.2) is 4.79 Å². The first kappa shape index (κ1) is 13.3. The highest BCUT2D eigenvalue weighted by molar-refractivity contribution is 5.83. The first-order chi connectivity index (χ1) is 9.65. The van der Waals surface area contributed by atoms with E-state index in [0.29, 0.717) is 0 Å². The van der Waals surface area contributed by atoms with E-state index in [-0.39, 0.29) is 5.63 Å². The fourth-order valence-electron chi connectivity index (χ4n) is 2.77. The van der Waals surface area contributed by atoms with Gasteiger partial charge in [-0.15, -0.1) is 0 Å². The monoisotopic (exact) mass is 272 g/mol. The minimum atomic E-state index is -0.253. The molecular weight excluding hydrogens is 252 g/mol. The standard InChI is InChI=1S/C16H20N2O2/c1-11-3-4-14-13(10-18-7-5-17-6-8-18)9-15(19)20-16(14)12(11)2/h3-4,9,17H,5-8,10H2,1-2H3. The van der Waals surface area contributed by atoms with Crippen LogP contribution in [0.15, 0.2) is 27.4 Å². The maximum Gasteiger partial charge on any atom is 0.336 e. The summed E-state index contributed by atoms with van der Waals surface area (Å²) in [5, 5.41) is 4.41. The smallest absolute Gasteiger partial charge is 0.336 e. The number of benzene rings is 1. The van der Waals surface area contributed by atoms with Gasteiger partial charge < -0.3 is 9.73 Å². The molecule has 0 amide bonds. The largest absolute Gasteiger partial charge is 0.422 e. The minimum absolute atomic E-state index is 0.253. The second-order valence-electron chi connectivity index (χ2n) is 5.50. The van der Waals surface area contributed by atoms with Crippen LogP contribution >= 0.6 is 0 Å². The Kier molecular flexibility index (Phi) is 3.59. The average molecular weight is 272 g/mol. The highest BCUT2D eigenvalue weighted by Crippen LogP contribution is 2.24. The first-order valence-electron chi connectivity index (χ1n) is 7.11. The third-order valence-corrected chi connectivity index (χ3v) is 4.12. The van der Waals surface area contributed by atoms with Gasteiger partial charge in [-0.3, -0.25) is 4.90 Å². The number of hydrogen-bond acceptors (Lipinski definition) is 4. The van der Waals surface area contributed by atoms with E-state index in [1.165, 1.54) is 0 Å². The van der Waals surface area contributed by atoms with Crippen LogP contribution in [0.4, 0.5) is 0 Å². The predicted octanol–water partition coefficient (Wildman–Crippen LogP) is 1.82. The van der Waals surface area contributed by atoms with Crippen molar-refractivity contribution in [1.29, 1.82) is 0 Å². The Bertz CT molecular complexity index is 685. The molecule has 4 nitrogen and oxygen atoms in total. The van der Waals surface area contributed by atoms with Crippen molar-refractivity contribution in [3.05, 3.63) is 45.3 Å². The summed E-state index contributed by atoms with van der Waals surface area (Å²) in [6.45, 7) is 8.92. The molecule has 0 bridgehead atoms. The zero-order chi connectivity index (χ0) is 14.1. The summed E-state index contributed by atoms with van der Waals surface area (Å²) in [7, 11) is 0. The normalized spacial score (nSPS) is 16.7. The molecule has 1 aliphatic rings. The van der Waals surface area contributed by atoms with E-state index in [9.17, 15) is 4.79 Å². The van der Waals surface area contributed by atoms with Gasteiger partial charge in [0.15, 0.2) is 0 Å². The summed E-state index contributed by atoms with van der Waals surface area (Å²) >= 11 is 0. The van der Waals surface area contributed by atoms with Gasteiger partial charge >= 0.3 is 5.63 Å². The summed E-state index contributed by atoms with van der Waals surface area (Å²) in [4.78, 5) is 14.2. The fourth-order valence-corrected chi connectivity index (χ4v) is 2.77. The molecule has 1 aliphatic heterocycles. The van der Waals surface area contributed by atoms with Gasteiger partial charge in [0.25, 0.3) is 0 Å². The predicted molar refractivity (Wildman–Crippen MR) is 80.1 cm³/mol. The number of piperazine rings is 1. The van der Waals surface area contributed by atoms with Crippen LogP contribution in [0.25, 0.3) is 11.0 Å². The van der Waals surface area contributed by atoms with Crippen LogP contribution in [-0.4, -0.2) is 31.1 Å².